The van der Waals surface area contributed by atoms with Gasteiger partial charge in [0.1, 0.15) is 11.4 Å². The predicted octanol–water partition coefficient (Wildman–Crippen LogP) is 4.15. The summed E-state index contributed by atoms with van der Waals surface area (Å²) >= 11 is 1.69. The van der Waals surface area contributed by atoms with E-state index in [2.05, 4.69) is 4.74 Å². The first-order valence-corrected chi connectivity index (χ1v) is 6.34. The van der Waals surface area contributed by atoms with Crippen LogP contribution in [0.25, 0.3) is 0 Å². The standard InChI is InChI=1S/C12H12F3IO3/c1-11(2,3)19-10(17)7-4-5-8(16)9(6-7)18-12(13,14)15/h4-6H,1-3H3. The molecule has 0 aliphatic carbocycles. The zero-order valence-corrected chi connectivity index (χ0v) is 12.6. The lowest BCUT2D eigenvalue weighted by atomic mass is 10.1. The largest absolute Gasteiger partial charge is 0.573 e. The number of carbonyl (C=O) groups excluding carboxylic acids is 1. The minimum atomic E-state index is -4.80. The maximum absolute atomic E-state index is 12.2. The highest BCUT2D eigenvalue weighted by Gasteiger charge is 2.32. The van der Waals surface area contributed by atoms with Gasteiger partial charge in [0.15, 0.2) is 0 Å². The van der Waals surface area contributed by atoms with Gasteiger partial charge in [-0.25, -0.2) is 4.79 Å². The fourth-order valence-electron chi connectivity index (χ4n) is 1.17. The summed E-state index contributed by atoms with van der Waals surface area (Å²) in [6, 6.07) is 3.77. The fraction of sp³-hybridized carbons (Fsp3) is 0.417. The summed E-state index contributed by atoms with van der Waals surface area (Å²) < 4.78 is 45.7. The van der Waals surface area contributed by atoms with E-state index in [1.165, 1.54) is 12.1 Å². The zero-order chi connectivity index (χ0) is 14.8. The highest BCUT2D eigenvalue weighted by Crippen LogP contribution is 2.29. The van der Waals surface area contributed by atoms with Crippen molar-refractivity contribution in [2.24, 2.45) is 0 Å². The second-order valence-electron chi connectivity index (χ2n) is 4.69. The molecule has 0 aliphatic rings. The first-order chi connectivity index (χ1) is 8.48. The Morgan fingerprint density at radius 3 is 2.26 bits per heavy atom. The number of hydrogen-bond donors (Lipinski definition) is 0. The van der Waals surface area contributed by atoms with Crippen LogP contribution in [0.3, 0.4) is 0 Å². The van der Waals surface area contributed by atoms with Crippen LogP contribution in [0.4, 0.5) is 13.2 Å². The van der Waals surface area contributed by atoms with E-state index in [9.17, 15) is 18.0 Å². The van der Waals surface area contributed by atoms with Gasteiger partial charge in [-0.1, -0.05) is 0 Å². The second kappa shape index (κ2) is 5.56. The lowest BCUT2D eigenvalue weighted by Gasteiger charge is -2.20. The van der Waals surface area contributed by atoms with Gasteiger partial charge in [0.2, 0.25) is 0 Å². The molecule has 0 fully saturated rings. The van der Waals surface area contributed by atoms with Gasteiger partial charge in [-0.05, 0) is 61.6 Å². The van der Waals surface area contributed by atoms with Crippen molar-refractivity contribution in [1.29, 1.82) is 0 Å². The van der Waals surface area contributed by atoms with Crippen LogP contribution >= 0.6 is 22.6 Å². The van der Waals surface area contributed by atoms with Crippen molar-refractivity contribution in [3.63, 3.8) is 0 Å². The van der Waals surface area contributed by atoms with Crippen LogP contribution in [0.5, 0.6) is 5.75 Å². The Morgan fingerprint density at radius 2 is 1.79 bits per heavy atom. The van der Waals surface area contributed by atoms with Crippen LogP contribution in [0.1, 0.15) is 31.1 Å². The molecule has 3 nitrogen and oxygen atoms in total. The Balaban J connectivity index is 2.99. The van der Waals surface area contributed by atoms with Gasteiger partial charge in [-0.3, -0.25) is 0 Å². The molecule has 0 N–H and O–H groups in total. The monoisotopic (exact) mass is 388 g/mol. The lowest BCUT2D eigenvalue weighted by Crippen LogP contribution is -2.24. The quantitative estimate of drug-likeness (QED) is 0.564. The molecular formula is C12H12F3IO3. The highest BCUT2D eigenvalue weighted by molar-refractivity contribution is 14.1. The summed E-state index contributed by atoms with van der Waals surface area (Å²) in [5, 5.41) is 0. The molecule has 0 spiro atoms. The average Bonchev–Trinajstić information content (AvgIpc) is 2.16. The minimum absolute atomic E-state index is 0.00888. The Hall–Kier alpha value is -0.990. The van der Waals surface area contributed by atoms with Crippen molar-refractivity contribution >= 4 is 28.6 Å². The number of esters is 1. The first-order valence-electron chi connectivity index (χ1n) is 5.26. The van der Waals surface area contributed by atoms with Crippen molar-refractivity contribution in [3.05, 3.63) is 27.3 Å². The number of benzene rings is 1. The number of halogens is 4. The molecule has 1 rings (SSSR count). The van der Waals surface area contributed by atoms with Crippen LogP contribution < -0.4 is 4.74 Å². The number of ether oxygens (including phenoxy) is 2. The Bertz CT molecular complexity index is 478. The van der Waals surface area contributed by atoms with E-state index in [1.807, 2.05) is 0 Å². The highest BCUT2D eigenvalue weighted by atomic mass is 127. The van der Waals surface area contributed by atoms with E-state index >= 15 is 0 Å². The van der Waals surface area contributed by atoms with E-state index in [0.29, 0.717) is 0 Å². The number of rotatable bonds is 2. The molecular weight excluding hydrogens is 376 g/mol. The molecule has 106 valence electrons. The number of alkyl halides is 3. The Kier molecular flexibility index (Phi) is 4.70. The molecule has 1 aromatic rings. The summed E-state index contributed by atoms with van der Waals surface area (Å²) in [6.45, 7) is 5.01. The third-order valence-corrected chi connectivity index (χ3v) is 2.68. The van der Waals surface area contributed by atoms with Crippen LogP contribution in [-0.4, -0.2) is 17.9 Å². The smallest absolute Gasteiger partial charge is 0.456 e. The van der Waals surface area contributed by atoms with E-state index in [4.69, 9.17) is 4.74 Å². The van der Waals surface area contributed by atoms with E-state index in [0.717, 1.165) is 6.07 Å². The maximum atomic E-state index is 12.2. The van der Waals surface area contributed by atoms with Crippen LogP contribution in [-0.2, 0) is 4.74 Å². The Morgan fingerprint density at radius 1 is 1.21 bits per heavy atom. The third-order valence-electron chi connectivity index (χ3n) is 1.79. The topological polar surface area (TPSA) is 35.5 Å². The SMILES string of the molecule is CC(C)(C)OC(=O)c1ccc(I)c(OC(F)(F)F)c1. The van der Waals surface area contributed by atoms with Crippen LogP contribution in [0.2, 0.25) is 0 Å². The van der Waals surface area contributed by atoms with Crippen molar-refractivity contribution < 1.29 is 27.4 Å². The second-order valence-corrected chi connectivity index (χ2v) is 5.86. The molecule has 0 aromatic heterocycles. The summed E-state index contributed by atoms with van der Waals surface area (Å²) in [5.41, 5.74) is -0.708. The van der Waals surface area contributed by atoms with Gasteiger partial charge in [0, 0.05) is 0 Å². The number of hydrogen-bond acceptors (Lipinski definition) is 3. The molecule has 1 aromatic carbocycles. The summed E-state index contributed by atoms with van der Waals surface area (Å²) in [6.07, 6.45) is -4.80. The van der Waals surface area contributed by atoms with Gasteiger partial charge in [0.05, 0.1) is 9.13 Å². The molecule has 0 aliphatic heterocycles. The molecule has 19 heavy (non-hydrogen) atoms. The van der Waals surface area contributed by atoms with Crippen molar-refractivity contribution in [2.75, 3.05) is 0 Å². The third kappa shape index (κ3) is 5.66. The van der Waals surface area contributed by atoms with Gasteiger partial charge in [-0.15, -0.1) is 13.2 Å². The Labute approximate surface area is 122 Å². The first kappa shape index (κ1) is 16.1. The molecule has 0 bridgehead atoms. The molecule has 0 saturated carbocycles. The molecule has 0 saturated heterocycles. The van der Waals surface area contributed by atoms with E-state index in [-0.39, 0.29) is 9.13 Å². The molecule has 0 radical (unpaired) electrons. The fourth-order valence-corrected chi connectivity index (χ4v) is 1.62. The van der Waals surface area contributed by atoms with Crippen LogP contribution in [0.15, 0.2) is 18.2 Å². The van der Waals surface area contributed by atoms with Gasteiger partial charge in [-0.2, -0.15) is 0 Å². The van der Waals surface area contributed by atoms with Crippen LogP contribution in [0, 0.1) is 3.57 Å². The van der Waals surface area contributed by atoms with E-state index < -0.39 is 23.7 Å². The summed E-state index contributed by atoms with van der Waals surface area (Å²) in [7, 11) is 0. The molecule has 0 unspecified atom stereocenters. The maximum Gasteiger partial charge on any atom is 0.573 e. The minimum Gasteiger partial charge on any atom is -0.456 e. The van der Waals surface area contributed by atoms with Crippen molar-refractivity contribution in [2.45, 2.75) is 32.7 Å². The molecule has 0 atom stereocenters. The summed E-state index contributed by atoms with van der Waals surface area (Å²) in [5.74, 6) is -1.12. The molecule has 7 heteroatoms. The van der Waals surface area contributed by atoms with Crippen molar-refractivity contribution in [3.8, 4) is 5.75 Å². The molecule has 0 amide bonds. The molecule has 0 heterocycles. The summed E-state index contributed by atoms with van der Waals surface area (Å²) in [4.78, 5) is 11.7. The van der Waals surface area contributed by atoms with Gasteiger partial charge < -0.3 is 9.47 Å². The van der Waals surface area contributed by atoms with E-state index in [1.54, 1.807) is 43.4 Å². The van der Waals surface area contributed by atoms with Gasteiger partial charge in [0.25, 0.3) is 0 Å². The predicted molar refractivity (Wildman–Crippen MR) is 71.0 cm³/mol. The zero-order valence-electron chi connectivity index (χ0n) is 10.5. The number of carbonyl (C=O) groups is 1. The van der Waals surface area contributed by atoms with Crippen molar-refractivity contribution in [1.82, 2.24) is 0 Å². The lowest BCUT2D eigenvalue weighted by molar-refractivity contribution is -0.275. The average molecular weight is 388 g/mol. The van der Waals surface area contributed by atoms with Gasteiger partial charge >= 0.3 is 12.3 Å². The normalized spacial score (nSPS) is 12.2.